The number of hydrogen-bond acceptors (Lipinski definition) is 4. The zero-order chi connectivity index (χ0) is 18.4. The summed E-state index contributed by atoms with van der Waals surface area (Å²) < 4.78 is 42.6. The van der Waals surface area contributed by atoms with Crippen molar-refractivity contribution >= 4 is 23.5 Å². The first-order valence-corrected chi connectivity index (χ1v) is 7.39. The Labute approximate surface area is 145 Å². The van der Waals surface area contributed by atoms with E-state index in [-0.39, 0.29) is 6.54 Å². The van der Waals surface area contributed by atoms with Gasteiger partial charge in [0.15, 0.2) is 12.3 Å². The molecule has 0 saturated heterocycles. The van der Waals surface area contributed by atoms with Gasteiger partial charge in [-0.25, -0.2) is 0 Å². The van der Waals surface area contributed by atoms with Gasteiger partial charge in [0.05, 0.1) is 0 Å². The Hall–Kier alpha value is -2.55. The van der Waals surface area contributed by atoms with E-state index in [2.05, 4.69) is 10.4 Å². The lowest BCUT2D eigenvalue weighted by molar-refractivity contribution is -0.150. The van der Waals surface area contributed by atoms with Crippen LogP contribution in [-0.4, -0.2) is 28.3 Å². The highest BCUT2D eigenvalue weighted by atomic mass is 35.5. The van der Waals surface area contributed by atoms with E-state index in [4.69, 9.17) is 16.3 Å². The van der Waals surface area contributed by atoms with E-state index in [1.54, 1.807) is 24.3 Å². The number of esters is 1. The molecule has 134 valence electrons. The molecule has 1 N–H and O–H groups in total. The zero-order valence-corrected chi connectivity index (χ0v) is 13.5. The van der Waals surface area contributed by atoms with E-state index in [1.165, 1.54) is 0 Å². The molecule has 1 amide bonds. The molecule has 1 heterocycles. The Balaban J connectivity index is 1.73. The fraction of sp³-hybridized carbons (Fsp3) is 0.267. The summed E-state index contributed by atoms with van der Waals surface area (Å²) in [4.78, 5) is 23.1. The third-order valence-corrected chi connectivity index (χ3v) is 3.24. The number of carbonyl (C=O) groups is 2. The molecule has 1 aromatic heterocycles. The van der Waals surface area contributed by atoms with E-state index in [0.717, 1.165) is 22.5 Å². The molecule has 0 bridgehead atoms. The predicted molar refractivity (Wildman–Crippen MR) is 81.5 cm³/mol. The molecule has 0 saturated carbocycles. The molecular formula is C15H13ClF3N3O3. The lowest BCUT2D eigenvalue weighted by atomic mass is 10.2. The highest BCUT2D eigenvalue weighted by Crippen LogP contribution is 2.27. The van der Waals surface area contributed by atoms with Gasteiger partial charge in [0.2, 0.25) is 0 Å². The van der Waals surface area contributed by atoms with E-state index in [0.29, 0.717) is 5.02 Å². The fourth-order valence-electron chi connectivity index (χ4n) is 1.78. The number of amides is 1. The van der Waals surface area contributed by atoms with Crippen LogP contribution < -0.4 is 5.32 Å². The molecule has 25 heavy (non-hydrogen) atoms. The first kappa shape index (κ1) is 18.8. The van der Waals surface area contributed by atoms with Crippen LogP contribution in [0.5, 0.6) is 0 Å². The highest BCUT2D eigenvalue weighted by Gasteiger charge is 2.33. The maximum absolute atomic E-state index is 12.4. The standard InChI is InChI=1S/C15H13ClF3N3O3/c16-11-3-1-10(2-4-11)7-20-13(23)9-25-14(24)8-22-6-5-12(21-22)15(17,18)19/h1-6H,7-9H2,(H,20,23). The van der Waals surface area contributed by atoms with Gasteiger partial charge in [0.1, 0.15) is 6.54 Å². The van der Waals surface area contributed by atoms with Crippen molar-refractivity contribution in [1.29, 1.82) is 0 Å². The van der Waals surface area contributed by atoms with Crippen molar-refractivity contribution in [2.45, 2.75) is 19.3 Å². The van der Waals surface area contributed by atoms with Crippen molar-refractivity contribution in [3.63, 3.8) is 0 Å². The molecule has 2 aromatic rings. The molecule has 0 atom stereocenters. The number of hydrogen-bond donors (Lipinski definition) is 1. The topological polar surface area (TPSA) is 73.2 Å². The van der Waals surface area contributed by atoms with Crippen LogP contribution in [0.15, 0.2) is 36.5 Å². The van der Waals surface area contributed by atoms with Gasteiger partial charge in [-0.2, -0.15) is 18.3 Å². The van der Waals surface area contributed by atoms with Crippen molar-refractivity contribution in [3.05, 3.63) is 52.8 Å². The van der Waals surface area contributed by atoms with Crippen molar-refractivity contribution in [1.82, 2.24) is 15.1 Å². The molecule has 0 aliphatic rings. The maximum atomic E-state index is 12.4. The normalized spacial score (nSPS) is 11.2. The Morgan fingerprint density at radius 1 is 1.20 bits per heavy atom. The van der Waals surface area contributed by atoms with Gasteiger partial charge < -0.3 is 10.1 Å². The number of aromatic nitrogens is 2. The number of alkyl halides is 3. The molecule has 10 heteroatoms. The van der Waals surface area contributed by atoms with Crippen molar-refractivity contribution < 1.29 is 27.5 Å². The van der Waals surface area contributed by atoms with Gasteiger partial charge in [0, 0.05) is 17.8 Å². The molecule has 2 rings (SSSR count). The Kier molecular flexibility index (Phi) is 6.02. The zero-order valence-electron chi connectivity index (χ0n) is 12.7. The first-order chi connectivity index (χ1) is 11.7. The Morgan fingerprint density at radius 3 is 2.48 bits per heavy atom. The summed E-state index contributed by atoms with van der Waals surface area (Å²) in [5.41, 5.74) is -0.304. The molecule has 6 nitrogen and oxygen atoms in total. The minimum Gasteiger partial charge on any atom is -0.454 e. The molecule has 0 unspecified atom stereocenters. The number of nitrogens with one attached hydrogen (secondary N) is 1. The van der Waals surface area contributed by atoms with Gasteiger partial charge in [-0.15, -0.1) is 0 Å². The van der Waals surface area contributed by atoms with Crippen LogP contribution in [0.1, 0.15) is 11.3 Å². The molecule has 0 fully saturated rings. The number of ether oxygens (including phenoxy) is 1. The number of carbonyl (C=O) groups excluding carboxylic acids is 2. The molecular weight excluding hydrogens is 363 g/mol. The van der Waals surface area contributed by atoms with Crippen LogP contribution in [0.4, 0.5) is 13.2 Å². The maximum Gasteiger partial charge on any atom is 0.435 e. The monoisotopic (exact) mass is 375 g/mol. The predicted octanol–water partition coefficient (Wildman–Crippen LogP) is 2.41. The molecule has 0 spiro atoms. The minimum absolute atomic E-state index is 0.224. The molecule has 0 aliphatic heterocycles. The van der Waals surface area contributed by atoms with E-state index < -0.39 is 36.9 Å². The van der Waals surface area contributed by atoms with Gasteiger partial charge in [-0.05, 0) is 23.8 Å². The third kappa shape index (κ3) is 6.11. The Morgan fingerprint density at radius 2 is 1.88 bits per heavy atom. The SMILES string of the molecule is O=C(COC(=O)Cn1ccc(C(F)(F)F)n1)NCc1ccc(Cl)cc1. The molecule has 0 radical (unpaired) electrons. The quantitative estimate of drug-likeness (QED) is 0.787. The molecule has 0 aliphatic carbocycles. The lowest BCUT2D eigenvalue weighted by Crippen LogP contribution is -2.29. The number of benzene rings is 1. The van der Waals surface area contributed by atoms with Crippen LogP contribution in [0.2, 0.25) is 5.02 Å². The second-order valence-electron chi connectivity index (χ2n) is 4.96. The van der Waals surface area contributed by atoms with Crippen LogP contribution in [0, 0.1) is 0 Å². The van der Waals surface area contributed by atoms with Crippen LogP contribution in [0.25, 0.3) is 0 Å². The second-order valence-corrected chi connectivity index (χ2v) is 5.40. The summed E-state index contributed by atoms with van der Waals surface area (Å²) >= 11 is 5.74. The largest absolute Gasteiger partial charge is 0.454 e. The highest BCUT2D eigenvalue weighted by molar-refractivity contribution is 6.30. The van der Waals surface area contributed by atoms with E-state index in [9.17, 15) is 22.8 Å². The van der Waals surface area contributed by atoms with Crippen LogP contribution in [-0.2, 0) is 33.6 Å². The van der Waals surface area contributed by atoms with Crippen molar-refractivity contribution in [2.24, 2.45) is 0 Å². The van der Waals surface area contributed by atoms with Gasteiger partial charge in [-0.1, -0.05) is 23.7 Å². The van der Waals surface area contributed by atoms with Gasteiger partial charge >= 0.3 is 12.1 Å². The summed E-state index contributed by atoms with van der Waals surface area (Å²) in [6.45, 7) is -0.845. The second kappa shape index (κ2) is 8.02. The van der Waals surface area contributed by atoms with Crippen molar-refractivity contribution in [3.8, 4) is 0 Å². The first-order valence-electron chi connectivity index (χ1n) is 7.01. The number of halogens is 4. The van der Waals surface area contributed by atoms with Crippen LogP contribution in [0.3, 0.4) is 0 Å². The summed E-state index contributed by atoms with van der Waals surface area (Å²) in [7, 11) is 0. The summed E-state index contributed by atoms with van der Waals surface area (Å²) in [5.74, 6) is -1.42. The van der Waals surface area contributed by atoms with E-state index in [1.807, 2.05) is 0 Å². The number of nitrogens with zero attached hydrogens (tertiary/aromatic N) is 2. The summed E-state index contributed by atoms with van der Waals surface area (Å²) in [6.07, 6.45) is -3.58. The third-order valence-electron chi connectivity index (χ3n) is 2.99. The van der Waals surface area contributed by atoms with Gasteiger partial charge in [0.25, 0.3) is 5.91 Å². The average molecular weight is 376 g/mol. The summed E-state index contributed by atoms with van der Waals surface area (Å²) in [6, 6.07) is 7.53. The van der Waals surface area contributed by atoms with Crippen molar-refractivity contribution in [2.75, 3.05) is 6.61 Å². The minimum atomic E-state index is -4.59. The fourth-order valence-corrected chi connectivity index (χ4v) is 1.90. The smallest absolute Gasteiger partial charge is 0.435 e. The Bertz CT molecular complexity index is 744. The van der Waals surface area contributed by atoms with E-state index >= 15 is 0 Å². The van der Waals surface area contributed by atoms with Gasteiger partial charge in [-0.3, -0.25) is 14.3 Å². The summed E-state index contributed by atoms with van der Waals surface area (Å²) in [5, 5.41) is 6.31. The number of rotatable bonds is 6. The van der Waals surface area contributed by atoms with Crippen LogP contribution >= 0.6 is 11.6 Å². The lowest BCUT2D eigenvalue weighted by Gasteiger charge is -2.07. The molecule has 1 aromatic carbocycles. The average Bonchev–Trinajstić information content (AvgIpc) is 3.01.